The zero-order valence-corrected chi connectivity index (χ0v) is 13.0. The summed E-state index contributed by atoms with van der Waals surface area (Å²) < 4.78 is 1.77. The Kier molecular flexibility index (Phi) is 4.06. The highest BCUT2D eigenvalue weighted by molar-refractivity contribution is 6.33. The first-order valence-corrected chi connectivity index (χ1v) is 7.54. The maximum atomic E-state index is 9.71. The molecule has 1 aromatic carbocycles. The summed E-state index contributed by atoms with van der Waals surface area (Å²) in [5.74, 6) is 0.286. The molecule has 1 saturated heterocycles. The van der Waals surface area contributed by atoms with E-state index in [1.807, 2.05) is 19.4 Å². The minimum absolute atomic E-state index is 0.0996. The van der Waals surface area contributed by atoms with Crippen LogP contribution in [0.1, 0.15) is 17.0 Å². The third-order valence-electron chi connectivity index (χ3n) is 4.25. The summed E-state index contributed by atoms with van der Waals surface area (Å²) in [4.78, 5) is 2.10. The molecule has 2 aromatic rings. The molecule has 114 valence electrons. The van der Waals surface area contributed by atoms with Crippen molar-refractivity contribution >= 4 is 17.3 Å². The summed E-state index contributed by atoms with van der Waals surface area (Å²) in [6.07, 6.45) is 3.82. The molecule has 0 saturated carbocycles. The van der Waals surface area contributed by atoms with Crippen LogP contribution in [-0.2, 0) is 7.05 Å². The number of para-hydroxylation sites is 1. The molecule has 0 aliphatic carbocycles. The number of benzene rings is 1. The van der Waals surface area contributed by atoms with Crippen molar-refractivity contribution in [3.05, 3.63) is 46.7 Å². The molecule has 0 bridgehead atoms. The van der Waals surface area contributed by atoms with Crippen LogP contribution in [0.15, 0.2) is 30.6 Å². The van der Waals surface area contributed by atoms with Crippen LogP contribution in [0.4, 0.5) is 5.69 Å². The molecule has 5 nitrogen and oxygen atoms in total. The minimum Gasteiger partial charge on any atom is -0.396 e. The monoisotopic (exact) mass is 316 g/mol. The number of hydrogen-bond acceptors (Lipinski definition) is 4. The second-order valence-electron chi connectivity index (χ2n) is 5.65. The van der Waals surface area contributed by atoms with Crippen molar-refractivity contribution in [1.29, 1.82) is 5.26 Å². The molecule has 1 aliphatic rings. The van der Waals surface area contributed by atoms with Crippen molar-refractivity contribution in [2.75, 3.05) is 24.6 Å². The molecular formula is C16H17ClN4O. The summed E-state index contributed by atoms with van der Waals surface area (Å²) in [5.41, 5.74) is 2.43. The van der Waals surface area contributed by atoms with Gasteiger partial charge in [0, 0.05) is 44.8 Å². The Morgan fingerprint density at radius 2 is 2.27 bits per heavy atom. The zero-order chi connectivity index (χ0) is 15.7. The van der Waals surface area contributed by atoms with E-state index in [1.54, 1.807) is 22.9 Å². The average molecular weight is 317 g/mol. The summed E-state index contributed by atoms with van der Waals surface area (Å²) in [6, 6.07) is 7.55. The Hall–Kier alpha value is -2.03. The molecule has 6 heteroatoms. The first-order valence-electron chi connectivity index (χ1n) is 7.17. The highest BCUT2D eigenvalue weighted by Crippen LogP contribution is 2.39. The van der Waals surface area contributed by atoms with Gasteiger partial charge in [-0.25, -0.2) is 0 Å². The van der Waals surface area contributed by atoms with Gasteiger partial charge in [0.2, 0.25) is 0 Å². The summed E-state index contributed by atoms with van der Waals surface area (Å²) >= 11 is 6.31. The topological polar surface area (TPSA) is 65.1 Å². The molecule has 1 N–H and O–H groups in total. The van der Waals surface area contributed by atoms with Gasteiger partial charge in [-0.15, -0.1) is 0 Å². The fraction of sp³-hybridized carbons (Fsp3) is 0.375. The van der Waals surface area contributed by atoms with E-state index in [2.05, 4.69) is 16.1 Å². The number of aryl methyl sites for hydroxylation is 1. The van der Waals surface area contributed by atoms with E-state index in [0.29, 0.717) is 17.1 Å². The maximum Gasteiger partial charge on any atom is 0.101 e. The van der Waals surface area contributed by atoms with E-state index in [9.17, 15) is 10.4 Å². The predicted molar refractivity (Wildman–Crippen MR) is 84.9 cm³/mol. The number of hydrogen-bond donors (Lipinski definition) is 1. The van der Waals surface area contributed by atoms with Crippen molar-refractivity contribution in [1.82, 2.24) is 9.78 Å². The lowest BCUT2D eigenvalue weighted by Crippen LogP contribution is -2.22. The van der Waals surface area contributed by atoms with E-state index < -0.39 is 0 Å². The van der Waals surface area contributed by atoms with Crippen LogP contribution in [0, 0.1) is 17.2 Å². The van der Waals surface area contributed by atoms with Crippen LogP contribution in [0.5, 0.6) is 0 Å². The van der Waals surface area contributed by atoms with Crippen molar-refractivity contribution in [3.8, 4) is 6.07 Å². The first kappa shape index (κ1) is 14.9. The second-order valence-corrected chi connectivity index (χ2v) is 6.06. The number of halogens is 1. The number of aliphatic hydroxyl groups excluding tert-OH is 1. The molecule has 2 heterocycles. The summed E-state index contributed by atoms with van der Waals surface area (Å²) in [5, 5.41) is 23.8. The largest absolute Gasteiger partial charge is 0.396 e. The molecule has 0 unspecified atom stereocenters. The zero-order valence-electron chi connectivity index (χ0n) is 12.3. The average Bonchev–Trinajstić information content (AvgIpc) is 3.12. The first-order chi connectivity index (χ1) is 10.6. The molecule has 2 atom stereocenters. The Balaban J connectivity index is 1.94. The number of aliphatic hydroxyl groups is 1. The number of nitriles is 1. The normalized spacial score (nSPS) is 21.1. The molecule has 0 radical (unpaired) electrons. The van der Waals surface area contributed by atoms with Gasteiger partial charge in [0.15, 0.2) is 0 Å². The second kappa shape index (κ2) is 5.99. The van der Waals surface area contributed by atoms with E-state index >= 15 is 0 Å². The highest BCUT2D eigenvalue weighted by atomic mass is 35.5. The number of rotatable bonds is 3. The third kappa shape index (κ3) is 2.56. The molecule has 0 spiro atoms. The van der Waals surface area contributed by atoms with E-state index in [0.717, 1.165) is 17.8 Å². The Morgan fingerprint density at radius 1 is 1.45 bits per heavy atom. The molecule has 1 aromatic heterocycles. The van der Waals surface area contributed by atoms with Gasteiger partial charge in [-0.1, -0.05) is 17.7 Å². The van der Waals surface area contributed by atoms with Crippen LogP contribution >= 0.6 is 11.6 Å². The molecule has 1 aliphatic heterocycles. The van der Waals surface area contributed by atoms with Gasteiger partial charge < -0.3 is 10.0 Å². The molecular weight excluding hydrogens is 300 g/mol. The Bertz CT molecular complexity index is 721. The van der Waals surface area contributed by atoms with Crippen molar-refractivity contribution < 1.29 is 5.11 Å². The molecule has 3 rings (SSSR count). The van der Waals surface area contributed by atoms with Crippen LogP contribution < -0.4 is 4.90 Å². The minimum atomic E-state index is 0.0996. The van der Waals surface area contributed by atoms with Gasteiger partial charge in [-0.3, -0.25) is 4.68 Å². The lowest BCUT2D eigenvalue weighted by molar-refractivity contribution is 0.227. The van der Waals surface area contributed by atoms with Gasteiger partial charge in [0.25, 0.3) is 0 Å². The molecule has 22 heavy (non-hydrogen) atoms. The highest BCUT2D eigenvalue weighted by Gasteiger charge is 2.35. The van der Waals surface area contributed by atoms with Crippen molar-refractivity contribution in [2.24, 2.45) is 13.0 Å². The lowest BCUT2D eigenvalue weighted by atomic mass is 9.92. The quantitative estimate of drug-likeness (QED) is 0.942. The Labute approximate surface area is 134 Å². The van der Waals surface area contributed by atoms with Gasteiger partial charge >= 0.3 is 0 Å². The summed E-state index contributed by atoms with van der Waals surface area (Å²) in [6.45, 7) is 1.49. The van der Waals surface area contributed by atoms with Crippen molar-refractivity contribution in [2.45, 2.75) is 5.92 Å². The maximum absolute atomic E-state index is 9.71. The molecule has 0 amide bonds. The van der Waals surface area contributed by atoms with Gasteiger partial charge in [-0.05, 0) is 17.7 Å². The number of nitrogens with zero attached hydrogens (tertiary/aromatic N) is 4. The van der Waals surface area contributed by atoms with Crippen molar-refractivity contribution in [3.63, 3.8) is 0 Å². The fourth-order valence-corrected chi connectivity index (χ4v) is 3.47. The van der Waals surface area contributed by atoms with Crippen LogP contribution in [0.25, 0.3) is 0 Å². The van der Waals surface area contributed by atoms with E-state index in [-0.39, 0.29) is 18.4 Å². The Morgan fingerprint density at radius 3 is 2.91 bits per heavy atom. The van der Waals surface area contributed by atoms with Crippen LogP contribution in [0.3, 0.4) is 0 Å². The molecule has 1 fully saturated rings. The predicted octanol–water partition coefficient (Wildman–Crippen LogP) is 2.16. The van der Waals surface area contributed by atoms with Crippen LogP contribution in [0.2, 0.25) is 5.02 Å². The number of aromatic nitrogens is 2. The van der Waals surface area contributed by atoms with E-state index in [1.165, 1.54) is 0 Å². The SMILES string of the molecule is Cn1cc([C@@H]2CN(c3c(Cl)cccc3C#N)C[C@H]2CO)cn1. The lowest BCUT2D eigenvalue weighted by Gasteiger charge is -2.21. The van der Waals surface area contributed by atoms with Crippen LogP contribution in [-0.4, -0.2) is 34.6 Å². The smallest absolute Gasteiger partial charge is 0.101 e. The standard InChI is InChI=1S/C16H17ClN4O/c1-20-7-12(6-19-20)14-9-21(8-13(14)10-22)16-11(5-18)3-2-4-15(16)17/h2-4,6-7,13-14,22H,8-10H2,1H3/t13-,14-/m0/s1. The van der Waals surface area contributed by atoms with Gasteiger partial charge in [-0.2, -0.15) is 10.4 Å². The van der Waals surface area contributed by atoms with Gasteiger partial charge in [0.1, 0.15) is 6.07 Å². The number of anilines is 1. The van der Waals surface area contributed by atoms with E-state index in [4.69, 9.17) is 11.6 Å². The summed E-state index contributed by atoms with van der Waals surface area (Å²) in [7, 11) is 1.88. The third-order valence-corrected chi connectivity index (χ3v) is 4.56. The fourth-order valence-electron chi connectivity index (χ4n) is 3.18. The van der Waals surface area contributed by atoms with Gasteiger partial charge in [0.05, 0.1) is 22.5 Å².